The maximum atomic E-state index is 13.3. The highest BCUT2D eigenvalue weighted by Crippen LogP contribution is 2.29. The molecule has 4 atom stereocenters. The van der Waals surface area contributed by atoms with Gasteiger partial charge in [0, 0.05) is 7.11 Å². The van der Waals surface area contributed by atoms with Crippen LogP contribution in [0.1, 0.15) is 78.7 Å². The van der Waals surface area contributed by atoms with Crippen molar-refractivity contribution in [2.45, 2.75) is 110 Å². The number of aliphatic hydroxyl groups is 1. The van der Waals surface area contributed by atoms with Crippen LogP contribution in [-0.4, -0.2) is 67.5 Å². The molecule has 0 bridgehead atoms. The number of rotatable bonds is 15. The van der Waals surface area contributed by atoms with E-state index in [1.807, 2.05) is 44.2 Å². The quantitative estimate of drug-likeness (QED) is 0.215. The zero-order valence-electron chi connectivity index (χ0n) is 24.6. The van der Waals surface area contributed by atoms with Crippen molar-refractivity contribution in [1.82, 2.24) is 10.6 Å². The Morgan fingerprint density at radius 1 is 1.08 bits per heavy atom. The van der Waals surface area contributed by atoms with Crippen molar-refractivity contribution >= 4 is 12.1 Å². The van der Waals surface area contributed by atoms with Crippen LogP contribution in [0.2, 0.25) is 0 Å². The maximum absolute atomic E-state index is 13.3. The zero-order valence-corrected chi connectivity index (χ0v) is 24.6. The SMILES string of the molecule is COCO[C@H]([C@H](CC1CCCCC1)NC(=O)OC(C)(C)C)[C@@H](O)C(NCC(C)C)C(=O)OCc1ccccc1. The first kappa shape index (κ1) is 33.0. The Kier molecular flexibility index (Phi) is 14.2. The van der Waals surface area contributed by atoms with Crippen LogP contribution in [0.5, 0.6) is 0 Å². The number of esters is 1. The Morgan fingerprint density at radius 3 is 2.33 bits per heavy atom. The van der Waals surface area contributed by atoms with E-state index < -0.39 is 42.0 Å². The summed E-state index contributed by atoms with van der Waals surface area (Å²) in [7, 11) is 1.49. The number of benzene rings is 1. The van der Waals surface area contributed by atoms with Gasteiger partial charge in [0.25, 0.3) is 0 Å². The predicted octanol–water partition coefficient (Wildman–Crippen LogP) is 4.56. The van der Waals surface area contributed by atoms with E-state index in [0.717, 1.165) is 31.2 Å². The molecule has 9 nitrogen and oxygen atoms in total. The van der Waals surface area contributed by atoms with Gasteiger partial charge in [-0.05, 0) is 51.1 Å². The number of hydrogen-bond donors (Lipinski definition) is 3. The van der Waals surface area contributed by atoms with Gasteiger partial charge in [-0.25, -0.2) is 4.79 Å². The monoisotopic (exact) mass is 550 g/mol. The molecule has 39 heavy (non-hydrogen) atoms. The first-order valence-electron chi connectivity index (χ1n) is 14.2. The van der Waals surface area contributed by atoms with Gasteiger partial charge in [0.1, 0.15) is 37.3 Å². The van der Waals surface area contributed by atoms with Crippen molar-refractivity contribution in [3.8, 4) is 0 Å². The summed E-state index contributed by atoms with van der Waals surface area (Å²) in [6, 6.07) is 7.69. The minimum absolute atomic E-state index is 0.0809. The van der Waals surface area contributed by atoms with E-state index in [2.05, 4.69) is 10.6 Å². The average Bonchev–Trinajstić information content (AvgIpc) is 2.87. The van der Waals surface area contributed by atoms with Crippen molar-refractivity contribution in [2.75, 3.05) is 20.4 Å². The Hall–Kier alpha value is -2.20. The molecule has 0 saturated heterocycles. The van der Waals surface area contributed by atoms with E-state index in [9.17, 15) is 14.7 Å². The number of amides is 1. The third-order valence-electron chi connectivity index (χ3n) is 6.69. The van der Waals surface area contributed by atoms with Crippen molar-refractivity contribution < 1.29 is 33.6 Å². The van der Waals surface area contributed by atoms with E-state index in [4.69, 9.17) is 18.9 Å². The van der Waals surface area contributed by atoms with Gasteiger partial charge in [-0.2, -0.15) is 0 Å². The second-order valence-corrected chi connectivity index (χ2v) is 11.9. The summed E-state index contributed by atoms with van der Waals surface area (Å²) in [5.74, 6) is -0.0174. The Labute approximate surface area is 234 Å². The molecule has 1 aliphatic rings. The van der Waals surface area contributed by atoms with Crippen molar-refractivity contribution in [3.63, 3.8) is 0 Å². The van der Waals surface area contributed by atoms with Gasteiger partial charge in [0.15, 0.2) is 0 Å². The Balaban J connectivity index is 2.30. The molecule has 3 N–H and O–H groups in total. The molecule has 1 aromatic rings. The molecule has 0 heterocycles. The second kappa shape index (κ2) is 16.8. The molecule has 1 fully saturated rings. The number of ether oxygens (including phenoxy) is 4. The number of methoxy groups -OCH3 is 1. The molecular weight excluding hydrogens is 500 g/mol. The van der Waals surface area contributed by atoms with Crippen LogP contribution in [-0.2, 0) is 30.3 Å². The molecule has 0 spiro atoms. The summed E-state index contributed by atoms with van der Waals surface area (Å²) in [4.78, 5) is 26.2. The molecule has 1 saturated carbocycles. The van der Waals surface area contributed by atoms with E-state index in [-0.39, 0.29) is 19.3 Å². The summed E-state index contributed by atoms with van der Waals surface area (Å²) in [5.41, 5.74) is 0.153. The summed E-state index contributed by atoms with van der Waals surface area (Å²) in [6.45, 7) is 9.86. The smallest absolute Gasteiger partial charge is 0.407 e. The van der Waals surface area contributed by atoms with E-state index in [0.29, 0.717) is 18.9 Å². The van der Waals surface area contributed by atoms with Gasteiger partial charge < -0.3 is 34.7 Å². The topological polar surface area (TPSA) is 115 Å². The summed E-state index contributed by atoms with van der Waals surface area (Å²) < 4.78 is 22.3. The molecule has 1 amide bonds. The van der Waals surface area contributed by atoms with Crippen LogP contribution in [0.15, 0.2) is 30.3 Å². The van der Waals surface area contributed by atoms with E-state index in [1.165, 1.54) is 13.5 Å². The first-order valence-corrected chi connectivity index (χ1v) is 14.2. The lowest BCUT2D eigenvalue weighted by Crippen LogP contribution is -2.60. The summed E-state index contributed by atoms with van der Waals surface area (Å²) in [5, 5.41) is 17.8. The fourth-order valence-electron chi connectivity index (χ4n) is 4.83. The van der Waals surface area contributed by atoms with Gasteiger partial charge >= 0.3 is 12.1 Å². The zero-order chi connectivity index (χ0) is 28.8. The molecule has 1 unspecified atom stereocenters. The lowest BCUT2D eigenvalue weighted by molar-refractivity contribution is -0.162. The summed E-state index contributed by atoms with van der Waals surface area (Å²) >= 11 is 0. The number of hydrogen-bond acceptors (Lipinski definition) is 8. The fraction of sp³-hybridized carbons (Fsp3) is 0.733. The van der Waals surface area contributed by atoms with E-state index in [1.54, 1.807) is 20.8 Å². The fourth-order valence-corrected chi connectivity index (χ4v) is 4.83. The molecule has 0 aliphatic heterocycles. The van der Waals surface area contributed by atoms with Crippen molar-refractivity contribution in [1.29, 1.82) is 0 Å². The van der Waals surface area contributed by atoms with Crippen molar-refractivity contribution in [3.05, 3.63) is 35.9 Å². The number of aliphatic hydroxyl groups excluding tert-OH is 1. The minimum atomic E-state index is -1.33. The summed E-state index contributed by atoms with van der Waals surface area (Å²) in [6.07, 6.45) is 3.23. The van der Waals surface area contributed by atoms with Gasteiger partial charge in [0.2, 0.25) is 0 Å². The molecule has 222 valence electrons. The van der Waals surface area contributed by atoms with Crippen LogP contribution in [0.4, 0.5) is 4.79 Å². The third-order valence-corrected chi connectivity index (χ3v) is 6.69. The molecule has 1 aromatic carbocycles. The number of carbonyl (C=O) groups is 2. The van der Waals surface area contributed by atoms with Crippen LogP contribution < -0.4 is 10.6 Å². The first-order chi connectivity index (χ1) is 18.5. The molecular formula is C30H50N2O7. The van der Waals surface area contributed by atoms with Crippen LogP contribution in [0.3, 0.4) is 0 Å². The minimum Gasteiger partial charge on any atom is -0.460 e. The van der Waals surface area contributed by atoms with Crippen LogP contribution in [0.25, 0.3) is 0 Å². The lowest BCUT2D eigenvalue weighted by atomic mass is 9.82. The highest BCUT2D eigenvalue weighted by atomic mass is 16.7. The Bertz CT molecular complexity index is 837. The standard InChI is InChI=1S/C30H50N2O7/c1-21(2)18-31-25(28(34)37-19-23-15-11-8-12-16-23)26(33)27(38-20-36-6)24(17-22-13-9-7-10-14-22)32-29(35)39-30(3,4)5/h8,11-12,15-16,21-22,24-27,31,33H,7,9-10,13-14,17-20H2,1-6H3,(H,32,35)/t24-,25?,26-,27+/m0/s1. The predicted molar refractivity (Wildman–Crippen MR) is 150 cm³/mol. The molecule has 2 rings (SSSR count). The molecule has 1 aliphatic carbocycles. The molecule has 0 aromatic heterocycles. The number of nitrogens with one attached hydrogen (secondary N) is 2. The third kappa shape index (κ3) is 12.7. The highest BCUT2D eigenvalue weighted by Gasteiger charge is 2.41. The van der Waals surface area contributed by atoms with Gasteiger partial charge in [-0.15, -0.1) is 0 Å². The van der Waals surface area contributed by atoms with Crippen LogP contribution >= 0.6 is 0 Å². The van der Waals surface area contributed by atoms with Gasteiger partial charge in [0.05, 0.1) is 6.04 Å². The van der Waals surface area contributed by atoms with Crippen LogP contribution in [0, 0.1) is 11.8 Å². The number of alkyl carbamates (subject to hydrolysis) is 1. The normalized spacial score (nSPS) is 17.7. The van der Waals surface area contributed by atoms with E-state index >= 15 is 0 Å². The lowest BCUT2D eigenvalue weighted by Gasteiger charge is -2.37. The largest absolute Gasteiger partial charge is 0.460 e. The molecule has 9 heteroatoms. The second-order valence-electron chi connectivity index (χ2n) is 11.9. The van der Waals surface area contributed by atoms with Crippen molar-refractivity contribution in [2.24, 2.45) is 11.8 Å². The van der Waals surface area contributed by atoms with Gasteiger partial charge in [-0.1, -0.05) is 76.3 Å². The maximum Gasteiger partial charge on any atom is 0.407 e. The average molecular weight is 551 g/mol. The van der Waals surface area contributed by atoms with Gasteiger partial charge in [-0.3, -0.25) is 4.79 Å². The highest BCUT2D eigenvalue weighted by molar-refractivity contribution is 5.76. The molecule has 0 radical (unpaired) electrons. The Morgan fingerprint density at radius 2 is 1.74 bits per heavy atom. The number of carbonyl (C=O) groups excluding carboxylic acids is 2.